The Kier molecular flexibility index (Phi) is 7.56. The molecule has 1 aromatic heterocycles. The minimum atomic E-state index is -0.630. The lowest BCUT2D eigenvalue weighted by molar-refractivity contribution is -0.383. The van der Waals surface area contributed by atoms with Crippen LogP contribution in [0.4, 0.5) is 17.3 Å². The number of nitrogens with two attached hydrogens (primary N) is 1. The number of nitrogen functional groups attached to an aromatic ring is 1. The Hall–Kier alpha value is -2.88. The van der Waals surface area contributed by atoms with Crippen LogP contribution in [0.2, 0.25) is 0 Å². The van der Waals surface area contributed by atoms with Crippen LogP contribution in [0.5, 0.6) is 0 Å². The molecule has 10 heteroatoms. The first-order valence-electron chi connectivity index (χ1n) is 8.73. The standard InChI is InChI=1S/C18H23N5O4S/c1-4-12-7-6-8-13(9-12)10-22(11-14(24)27-5-2)17-15(23(25)26)16(19)20-18(21-17)28-3/h6-9H,4-5,10-11H2,1-3H3,(H2,19,20,21). The molecule has 0 spiro atoms. The summed E-state index contributed by atoms with van der Waals surface area (Å²) in [7, 11) is 0. The molecule has 2 aromatic rings. The van der Waals surface area contributed by atoms with E-state index in [1.54, 1.807) is 13.2 Å². The molecule has 150 valence electrons. The van der Waals surface area contributed by atoms with Gasteiger partial charge < -0.3 is 15.4 Å². The predicted octanol–water partition coefficient (Wildman–Crippen LogP) is 2.82. The molecule has 0 fully saturated rings. The molecule has 9 nitrogen and oxygen atoms in total. The second-order valence-corrected chi connectivity index (χ2v) is 6.63. The predicted molar refractivity (Wildman–Crippen MR) is 108 cm³/mol. The van der Waals surface area contributed by atoms with E-state index in [1.807, 2.05) is 31.2 Å². The smallest absolute Gasteiger partial charge is 0.353 e. The van der Waals surface area contributed by atoms with Gasteiger partial charge in [-0.25, -0.2) is 0 Å². The Morgan fingerprint density at radius 1 is 1.32 bits per heavy atom. The Morgan fingerprint density at radius 3 is 2.64 bits per heavy atom. The maximum Gasteiger partial charge on any atom is 0.353 e. The van der Waals surface area contributed by atoms with Gasteiger partial charge in [-0.15, -0.1) is 0 Å². The van der Waals surface area contributed by atoms with Gasteiger partial charge in [0.25, 0.3) is 0 Å². The van der Waals surface area contributed by atoms with Crippen LogP contribution in [0.1, 0.15) is 25.0 Å². The second-order valence-electron chi connectivity index (χ2n) is 5.86. The fourth-order valence-electron chi connectivity index (χ4n) is 2.66. The lowest BCUT2D eigenvalue weighted by atomic mass is 10.1. The molecular weight excluding hydrogens is 382 g/mol. The van der Waals surface area contributed by atoms with Crippen molar-refractivity contribution in [3.8, 4) is 0 Å². The molecule has 0 aliphatic rings. The second kappa shape index (κ2) is 9.88. The van der Waals surface area contributed by atoms with Crippen molar-refractivity contribution in [1.29, 1.82) is 0 Å². The van der Waals surface area contributed by atoms with Crippen LogP contribution >= 0.6 is 11.8 Å². The summed E-state index contributed by atoms with van der Waals surface area (Å²) >= 11 is 1.21. The topological polar surface area (TPSA) is 124 Å². The largest absolute Gasteiger partial charge is 0.465 e. The van der Waals surface area contributed by atoms with E-state index in [2.05, 4.69) is 9.97 Å². The van der Waals surface area contributed by atoms with Crippen molar-refractivity contribution in [2.75, 3.05) is 30.0 Å². The number of aromatic nitrogens is 2. The number of rotatable bonds is 9. The van der Waals surface area contributed by atoms with E-state index in [4.69, 9.17) is 10.5 Å². The summed E-state index contributed by atoms with van der Waals surface area (Å²) in [5.74, 6) is -0.751. The summed E-state index contributed by atoms with van der Waals surface area (Å²) < 4.78 is 5.03. The molecule has 2 N–H and O–H groups in total. The van der Waals surface area contributed by atoms with Crippen molar-refractivity contribution in [3.05, 3.63) is 45.5 Å². The molecule has 0 saturated carbocycles. The quantitative estimate of drug-likeness (QED) is 0.220. The Bertz CT molecular complexity index is 862. The van der Waals surface area contributed by atoms with Crippen LogP contribution in [-0.4, -0.2) is 40.3 Å². The normalized spacial score (nSPS) is 10.5. The molecule has 0 aliphatic carbocycles. The number of nitro groups is 1. The number of benzene rings is 1. The van der Waals surface area contributed by atoms with Gasteiger partial charge in [0.2, 0.25) is 11.6 Å². The summed E-state index contributed by atoms with van der Waals surface area (Å²) in [6.45, 7) is 3.98. The van der Waals surface area contributed by atoms with Crippen LogP contribution in [0, 0.1) is 10.1 Å². The lowest BCUT2D eigenvalue weighted by Gasteiger charge is -2.23. The SMILES string of the molecule is CCOC(=O)CN(Cc1cccc(CC)c1)c1nc(SC)nc(N)c1[N+](=O)[O-]. The van der Waals surface area contributed by atoms with Crippen LogP contribution in [0.25, 0.3) is 0 Å². The number of carbonyl (C=O) groups excluding carboxylic acids is 1. The van der Waals surface area contributed by atoms with Crippen LogP contribution in [0.15, 0.2) is 29.4 Å². The summed E-state index contributed by atoms with van der Waals surface area (Å²) in [6.07, 6.45) is 2.59. The molecule has 0 radical (unpaired) electrons. The zero-order chi connectivity index (χ0) is 20.7. The maximum absolute atomic E-state index is 12.1. The fraction of sp³-hybridized carbons (Fsp3) is 0.389. The van der Waals surface area contributed by atoms with E-state index >= 15 is 0 Å². The monoisotopic (exact) mass is 405 g/mol. The number of hydrogen-bond donors (Lipinski definition) is 1. The van der Waals surface area contributed by atoms with Crippen molar-refractivity contribution in [3.63, 3.8) is 0 Å². The third-order valence-corrected chi connectivity index (χ3v) is 4.48. The fourth-order valence-corrected chi connectivity index (χ4v) is 3.03. The van der Waals surface area contributed by atoms with Crippen molar-refractivity contribution >= 4 is 35.1 Å². The number of nitrogens with zero attached hydrogens (tertiary/aromatic N) is 4. The summed E-state index contributed by atoms with van der Waals surface area (Å²) in [5, 5.41) is 11.9. The Morgan fingerprint density at radius 2 is 2.04 bits per heavy atom. The highest BCUT2D eigenvalue weighted by molar-refractivity contribution is 7.98. The third-order valence-electron chi connectivity index (χ3n) is 3.94. The van der Waals surface area contributed by atoms with Crippen molar-refractivity contribution in [2.24, 2.45) is 0 Å². The highest BCUT2D eigenvalue weighted by Gasteiger charge is 2.29. The average molecular weight is 405 g/mol. The van der Waals surface area contributed by atoms with Gasteiger partial charge in [-0.2, -0.15) is 9.97 Å². The van der Waals surface area contributed by atoms with Crippen LogP contribution < -0.4 is 10.6 Å². The van der Waals surface area contributed by atoms with Gasteiger partial charge in [-0.3, -0.25) is 14.9 Å². The first-order chi connectivity index (χ1) is 13.4. The first-order valence-corrected chi connectivity index (χ1v) is 9.96. The van der Waals surface area contributed by atoms with E-state index in [0.29, 0.717) is 0 Å². The molecule has 1 heterocycles. The minimum Gasteiger partial charge on any atom is -0.465 e. The molecular formula is C18H23N5O4S. The van der Waals surface area contributed by atoms with Crippen molar-refractivity contribution in [1.82, 2.24) is 9.97 Å². The van der Waals surface area contributed by atoms with E-state index in [0.717, 1.165) is 17.5 Å². The van der Waals surface area contributed by atoms with Gasteiger partial charge in [-0.05, 0) is 30.7 Å². The molecule has 0 atom stereocenters. The van der Waals surface area contributed by atoms with Gasteiger partial charge in [0.1, 0.15) is 6.54 Å². The van der Waals surface area contributed by atoms with E-state index in [9.17, 15) is 14.9 Å². The van der Waals surface area contributed by atoms with Crippen molar-refractivity contribution in [2.45, 2.75) is 32.0 Å². The zero-order valence-corrected chi connectivity index (χ0v) is 16.9. The van der Waals surface area contributed by atoms with E-state index in [1.165, 1.54) is 16.7 Å². The van der Waals surface area contributed by atoms with Crippen LogP contribution in [0.3, 0.4) is 0 Å². The number of aryl methyl sites for hydroxylation is 1. The molecule has 0 bridgehead atoms. The highest BCUT2D eigenvalue weighted by Crippen LogP contribution is 2.33. The molecule has 0 unspecified atom stereocenters. The number of esters is 1. The zero-order valence-electron chi connectivity index (χ0n) is 16.0. The molecule has 0 saturated heterocycles. The summed E-state index contributed by atoms with van der Waals surface area (Å²) in [5.41, 5.74) is 7.40. The molecule has 0 amide bonds. The highest BCUT2D eigenvalue weighted by atomic mass is 32.2. The first kappa shape index (κ1) is 21.4. The number of carbonyl (C=O) groups is 1. The molecule has 0 aliphatic heterocycles. The third kappa shape index (κ3) is 5.32. The molecule has 1 aromatic carbocycles. The molecule has 28 heavy (non-hydrogen) atoms. The van der Waals surface area contributed by atoms with Gasteiger partial charge in [0.05, 0.1) is 11.5 Å². The minimum absolute atomic E-state index is 0.00296. The van der Waals surface area contributed by atoms with Gasteiger partial charge in [-0.1, -0.05) is 43.0 Å². The van der Waals surface area contributed by atoms with Crippen molar-refractivity contribution < 1.29 is 14.5 Å². The number of hydrogen-bond acceptors (Lipinski definition) is 9. The average Bonchev–Trinajstić information content (AvgIpc) is 2.66. The lowest BCUT2D eigenvalue weighted by Crippen LogP contribution is -2.32. The van der Waals surface area contributed by atoms with Gasteiger partial charge in [0, 0.05) is 6.54 Å². The van der Waals surface area contributed by atoms with Gasteiger partial charge in [0.15, 0.2) is 5.16 Å². The Balaban J connectivity index is 2.52. The Labute approximate surface area is 167 Å². The summed E-state index contributed by atoms with van der Waals surface area (Å²) in [6, 6.07) is 7.79. The summed E-state index contributed by atoms with van der Waals surface area (Å²) in [4.78, 5) is 32.9. The number of thioether (sulfide) groups is 1. The van der Waals surface area contributed by atoms with E-state index < -0.39 is 16.6 Å². The number of anilines is 2. The number of ether oxygens (including phenoxy) is 1. The van der Waals surface area contributed by atoms with Crippen LogP contribution in [-0.2, 0) is 22.5 Å². The molecule has 2 rings (SSSR count). The maximum atomic E-state index is 12.1. The van der Waals surface area contributed by atoms with E-state index in [-0.39, 0.29) is 36.5 Å². The van der Waals surface area contributed by atoms with Gasteiger partial charge >= 0.3 is 11.7 Å².